The van der Waals surface area contributed by atoms with Crippen LogP contribution in [0.3, 0.4) is 0 Å². The molecule has 0 heterocycles. The molecule has 0 aliphatic heterocycles. The third-order valence-electron chi connectivity index (χ3n) is 5.55. The summed E-state index contributed by atoms with van der Waals surface area (Å²) in [7, 11) is 0. The first-order chi connectivity index (χ1) is 16.0. The summed E-state index contributed by atoms with van der Waals surface area (Å²) in [5.41, 5.74) is -0.222. The van der Waals surface area contributed by atoms with Gasteiger partial charge >= 0.3 is 11.9 Å². The number of nitrogens with zero attached hydrogens (tertiary/aromatic N) is 1. The van der Waals surface area contributed by atoms with Gasteiger partial charge in [0.1, 0.15) is 0 Å². The number of unbranched alkanes of at least 4 members (excludes halogenated alkanes) is 12. The van der Waals surface area contributed by atoms with Crippen molar-refractivity contribution in [2.24, 2.45) is 0 Å². The number of hydrogen-bond acceptors (Lipinski definition) is 6. The fourth-order valence-electron chi connectivity index (χ4n) is 3.57. The molecule has 7 nitrogen and oxygen atoms in total. The minimum atomic E-state index is -0.572. The van der Waals surface area contributed by atoms with Crippen molar-refractivity contribution in [1.29, 1.82) is 0 Å². The number of non-ortho nitro benzene ring substituents is 1. The van der Waals surface area contributed by atoms with Crippen LogP contribution < -0.4 is 9.47 Å². The summed E-state index contributed by atoms with van der Waals surface area (Å²) in [6, 6.07) is 3.69. The summed E-state index contributed by atoms with van der Waals surface area (Å²) in [4.78, 5) is 35.0. The number of benzene rings is 1. The molecule has 0 amide bonds. The second-order valence-electron chi connectivity index (χ2n) is 8.58. The predicted molar refractivity (Wildman–Crippen MR) is 130 cm³/mol. The molecule has 0 aromatic heterocycles. The molecule has 0 spiro atoms. The van der Waals surface area contributed by atoms with Gasteiger partial charge < -0.3 is 9.47 Å². The van der Waals surface area contributed by atoms with E-state index in [1.165, 1.54) is 57.1 Å². The van der Waals surface area contributed by atoms with E-state index in [1.54, 1.807) is 0 Å². The van der Waals surface area contributed by atoms with E-state index < -0.39 is 16.9 Å². The Labute approximate surface area is 198 Å². The lowest BCUT2D eigenvalue weighted by Crippen LogP contribution is -2.12. The zero-order valence-corrected chi connectivity index (χ0v) is 20.4. The highest BCUT2D eigenvalue weighted by atomic mass is 16.6. The van der Waals surface area contributed by atoms with E-state index in [4.69, 9.17) is 9.47 Å². The summed E-state index contributed by atoms with van der Waals surface area (Å²) in [6.45, 7) is 4.35. The van der Waals surface area contributed by atoms with Gasteiger partial charge in [0.15, 0.2) is 11.5 Å². The number of rotatable bonds is 19. The number of carbonyl (C=O) groups is 2. The first kappa shape index (κ1) is 28.6. The second-order valence-corrected chi connectivity index (χ2v) is 8.58. The summed E-state index contributed by atoms with van der Waals surface area (Å²) in [5.74, 6) is -0.943. The Hall–Kier alpha value is -2.44. The SMILES string of the molecule is CCCCCCCCCC(=O)Oc1ccc([N+](=O)[O-])cc1OC(=O)CCCCCCCCC. The molecule has 1 aromatic carbocycles. The molecule has 0 saturated heterocycles. The van der Waals surface area contributed by atoms with Gasteiger partial charge in [-0.2, -0.15) is 0 Å². The van der Waals surface area contributed by atoms with Crippen LogP contribution in [0.4, 0.5) is 5.69 Å². The zero-order chi connectivity index (χ0) is 24.3. The Bertz CT molecular complexity index is 719. The zero-order valence-electron chi connectivity index (χ0n) is 20.4. The van der Waals surface area contributed by atoms with Crippen molar-refractivity contribution in [1.82, 2.24) is 0 Å². The van der Waals surface area contributed by atoms with E-state index in [0.717, 1.165) is 44.6 Å². The summed E-state index contributed by atoms with van der Waals surface area (Å²) in [6.07, 6.45) is 15.6. The topological polar surface area (TPSA) is 95.7 Å². The molecular formula is C26H41NO6. The Morgan fingerprint density at radius 1 is 0.697 bits per heavy atom. The molecule has 186 valence electrons. The van der Waals surface area contributed by atoms with Crippen molar-refractivity contribution in [2.45, 2.75) is 117 Å². The van der Waals surface area contributed by atoms with Gasteiger partial charge in [-0.05, 0) is 18.9 Å². The molecule has 0 aliphatic carbocycles. The van der Waals surface area contributed by atoms with Gasteiger partial charge in [-0.15, -0.1) is 0 Å². The van der Waals surface area contributed by atoms with Crippen molar-refractivity contribution >= 4 is 17.6 Å². The van der Waals surface area contributed by atoms with Crippen LogP contribution in [-0.2, 0) is 9.59 Å². The number of ether oxygens (including phenoxy) is 2. The van der Waals surface area contributed by atoms with Crippen LogP contribution in [0.25, 0.3) is 0 Å². The van der Waals surface area contributed by atoms with E-state index in [9.17, 15) is 19.7 Å². The minimum Gasteiger partial charge on any atom is -0.423 e. The maximum absolute atomic E-state index is 12.3. The monoisotopic (exact) mass is 463 g/mol. The van der Waals surface area contributed by atoms with E-state index >= 15 is 0 Å². The van der Waals surface area contributed by atoms with Crippen molar-refractivity contribution in [3.05, 3.63) is 28.3 Å². The molecule has 0 bridgehead atoms. The molecule has 0 N–H and O–H groups in total. The first-order valence-electron chi connectivity index (χ1n) is 12.7. The van der Waals surface area contributed by atoms with Gasteiger partial charge in [0.25, 0.3) is 5.69 Å². The minimum absolute atomic E-state index is 0.0430. The molecule has 0 unspecified atom stereocenters. The second kappa shape index (κ2) is 18.0. The molecule has 0 atom stereocenters. The van der Waals surface area contributed by atoms with Gasteiger partial charge in [-0.3, -0.25) is 19.7 Å². The highest BCUT2D eigenvalue weighted by Crippen LogP contribution is 2.32. The predicted octanol–water partition coefficient (Wildman–Crippen LogP) is 7.69. The fraction of sp³-hybridized carbons (Fsp3) is 0.692. The van der Waals surface area contributed by atoms with Crippen LogP contribution in [0.5, 0.6) is 11.5 Å². The van der Waals surface area contributed by atoms with Crippen LogP contribution in [0, 0.1) is 10.1 Å². The van der Waals surface area contributed by atoms with Crippen molar-refractivity contribution in [3.63, 3.8) is 0 Å². The average Bonchev–Trinajstić information content (AvgIpc) is 2.79. The molecule has 1 rings (SSSR count). The molecule has 33 heavy (non-hydrogen) atoms. The fourth-order valence-corrected chi connectivity index (χ4v) is 3.57. The number of nitro groups is 1. The highest BCUT2D eigenvalue weighted by molar-refractivity contribution is 5.76. The quantitative estimate of drug-likeness (QED) is 0.0686. The van der Waals surface area contributed by atoms with Crippen LogP contribution >= 0.6 is 0 Å². The van der Waals surface area contributed by atoms with E-state index in [1.807, 2.05) is 0 Å². The third-order valence-corrected chi connectivity index (χ3v) is 5.55. The van der Waals surface area contributed by atoms with Gasteiger partial charge in [0, 0.05) is 18.9 Å². The Morgan fingerprint density at radius 3 is 1.58 bits per heavy atom. The number of carbonyl (C=O) groups excluding carboxylic acids is 2. The van der Waals surface area contributed by atoms with E-state index in [0.29, 0.717) is 6.42 Å². The number of esters is 2. The maximum atomic E-state index is 12.3. The van der Waals surface area contributed by atoms with Crippen molar-refractivity contribution in [2.75, 3.05) is 0 Å². The standard InChI is InChI=1S/C26H41NO6/c1-3-5-7-9-11-13-15-17-25(28)32-23-20-19-22(27(30)31)21-24(23)33-26(29)18-16-14-12-10-8-6-4-2/h19-21H,3-18H2,1-2H3. The van der Waals surface area contributed by atoms with Crippen LogP contribution in [-0.4, -0.2) is 16.9 Å². The average molecular weight is 464 g/mol. The summed E-state index contributed by atoms with van der Waals surface area (Å²) >= 11 is 0. The van der Waals surface area contributed by atoms with Crippen LogP contribution in [0.15, 0.2) is 18.2 Å². The molecule has 0 saturated carbocycles. The third kappa shape index (κ3) is 13.6. The van der Waals surface area contributed by atoms with Gasteiger partial charge in [0.05, 0.1) is 11.0 Å². The number of nitro benzene ring substituents is 1. The summed E-state index contributed by atoms with van der Waals surface area (Å²) in [5, 5.41) is 11.1. The van der Waals surface area contributed by atoms with Crippen molar-refractivity contribution < 1.29 is 24.0 Å². The van der Waals surface area contributed by atoms with Gasteiger partial charge in [-0.1, -0.05) is 90.9 Å². The lowest BCUT2D eigenvalue weighted by molar-refractivity contribution is -0.384. The largest absolute Gasteiger partial charge is 0.423 e. The Kier molecular flexibility index (Phi) is 15.6. The van der Waals surface area contributed by atoms with Crippen molar-refractivity contribution in [3.8, 4) is 11.5 Å². The Morgan fingerprint density at radius 2 is 1.12 bits per heavy atom. The van der Waals surface area contributed by atoms with Crippen LogP contribution in [0.1, 0.15) is 117 Å². The van der Waals surface area contributed by atoms with E-state index in [-0.39, 0.29) is 30.0 Å². The van der Waals surface area contributed by atoms with E-state index in [2.05, 4.69) is 13.8 Å². The highest BCUT2D eigenvalue weighted by Gasteiger charge is 2.18. The molecule has 7 heteroatoms. The smallest absolute Gasteiger partial charge is 0.311 e. The van der Waals surface area contributed by atoms with Gasteiger partial charge in [-0.25, -0.2) is 0 Å². The molecule has 0 aliphatic rings. The normalized spacial score (nSPS) is 10.7. The number of hydrogen-bond donors (Lipinski definition) is 0. The molecular weight excluding hydrogens is 422 g/mol. The van der Waals surface area contributed by atoms with Crippen LogP contribution in [0.2, 0.25) is 0 Å². The lowest BCUT2D eigenvalue weighted by atomic mass is 10.1. The lowest BCUT2D eigenvalue weighted by Gasteiger charge is -2.11. The molecule has 0 fully saturated rings. The molecule has 1 aromatic rings. The Balaban J connectivity index is 2.52. The first-order valence-corrected chi connectivity index (χ1v) is 12.7. The van der Waals surface area contributed by atoms with Gasteiger partial charge in [0.2, 0.25) is 0 Å². The molecule has 0 radical (unpaired) electrons. The maximum Gasteiger partial charge on any atom is 0.311 e. The summed E-state index contributed by atoms with van der Waals surface area (Å²) < 4.78 is 10.7.